The van der Waals surface area contributed by atoms with Crippen molar-refractivity contribution in [3.63, 3.8) is 0 Å². The van der Waals surface area contributed by atoms with E-state index in [-0.39, 0.29) is 11.7 Å². The molecule has 0 atom stereocenters. The van der Waals surface area contributed by atoms with Crippen LogP contribution in [-0.4, -0.2) is 24.9 Å². The summed E-state index contributed by atoms with van der Waals surface area (Å²) in [5.74, 6) is 0. The first-order chi connectivity index (χ1) is 5.06. The number of rotatable bonds is 5. The van der Waals surface area contributed by atoms with E-state index in [1.54, 1.807) is 0 Å². The van der Waals surface area contributed by atoms with E-state index in [1.807, 2.05) is 20.8 Å². The molecule has 0 spiro atoms. The van der Waals surface area contributed by atoms with Gasteiger partial charge >= 0.3 is 0 Å². The Bertz CT molecular complexity index is 90.2. The summed E-state index contributed by atoms with van der Waals surface area (Å²) in [4.78, 5) is 9.77. The molecular weight excluding hydrogens is 168 g/mol. The second-order valence-electron chi connectivity index (χ2n) is 3.04. The van der Waals surface area contributed by atoms with Crippen molar-refractivity contribution in [1.29, 1.82) is 0 Å². The largest absolute Gasteiger partial charge is 0.363 e. The van der Waals surface area contributed by atoms with E-state index >= 15 is 0 Å². The molecule has 0 aromatic rings. The van der Waals surface area contributed by atoms with E-state index < -0.39 is 0 Å². The van der Waals surface area contributed by atoms with Crippen LogP contribution in [0.2, 0.25) is 0 Å². The molecule has 0 saturated carbocycles. The first kappa shape index (κ1) is 11.2. The maximum atomic E-state index is 5.25. The minimum Gasteiger partial charge on any atom is -0.363 e. The van der Waals surface area contributed by atoms with Gasteiger partial charge < -0.3 is 4.74 Å². The Morgan fingerprint density at radius 2 is 1.82 bits per heavy atom. The van der Waals surface area contributed by atoms with Crippen molar-refractivity contribution in [2.75, 3.05) is 19.3 Å². The lowest BCUT2D eigenvalue weighted by atomic mass is 10.2. The molecule has 4 heteroatoms. The van der Waals surface area contributed by atoms with E-state index in [0.717, 1.165) is 0 Å². The van der Waals surface area contributed by atoms with Crippen molar-refractivity contribution >= 4 is 11.6 Å². The van der Waals surface area contributed by atoms with Crippen molar-refractivity contribution < 1.29 is 14.5 Å². The summed E-state index contributed by atoms with van der Waals surface area (Å²) in [7, 11) is 0. The first-order valence-electron chi connectivity index (χ1n) is 3.50. The van der Waals surface area contributed by atoms with Crippen LogP contribution in [0.3, 0.4) is 0 Å². The lowest BCUT2D eigenvalue weighted by Gasteiger charge is -2.17. The molecule has 0 N–H and O–H groups in total. The number of ether oxygens (including phenoxy) is 1. The van der Waals surface area contributed by atoms with E-state index in [2.05, 4.69) is 0 Å². The molecule has 68 valence electrons. The van der Waals surface area contributed by atoms with Crippen LogP contribution < -0.4 is 0 Å². The fourth-order valence-corrected chi connectivity index (χ4v) is 0.475. The molecule has 0 aliphatic carbocycles. The molecule has 3 nitrogen and oxygen atoms in total. The van der Waals surface area contributed by atoms with Crippen LogP contribution in [0.4, 0.5) is 0 Å². The van der Waals surface area contributed by atoms with Crippen LogP contribution in [0.25, 0.3) is 0 Å². The number of alkyl halides is 1. The standard InChI is InChI=1S/C7H15ClO3/c1-7(2,3)11-10-5-4-9-6-8/h4-6H2,1-3H3. The minimum atomic E-state index is -0.263. The Kier molecular flexibility index (Phi) is 5.86. The minimum absolute atomic E-state index is 0.193. The van der Waals surface area contributed by atoms with Crippen molar-refractivity contribution in [1.82, 2.24) is 0 Å². The lowest BCUT2D eigenvalue weighted by Crippen LogP contribution is -2.20. The van der Waals surface area contributed by atoms with Gasteiger partial charge in [0.15, 0.2) is 0 Å². The second-order valence-corrected chi connectivity index (χ2v) is 3.25. The van der Waals surface area contributed by atoms with Crippen LogP contribution in [0.5, 0.6) is 0 Å². The number of hydrogen-bond acceptors (Lipinski definition) is 3. The van der Waals surface area contributed by atoms with Crippen molar-refractivity contribution in [2.45, 2.75) is 26.4 Å². The smallest absolute Gasteiger partial charge is 0.120 e. The Labute approximate surface area is 72.5 Å². The van der Waals surface area contributed by atoms with Gasteiger partial charge in [-0.3, -0.25) is 0 Å². The molecule has 0 aromatic heterocycles. The highest BCUT2D eigenvalue weighted by atomic mass is 35.5. The predicted octanol–water partition coefficient (Wildman–Crippen LogP) is 1.95. The Hall–Kier alpha value is 0.170. The Morgan fingerprint density at radius 3 is 2.27 bits per heavy atom. The number of halogens is 1. The van der Waals surface area contributed by atoms with E-state index in [1.165, 1.54) is 0 Å². The third-order valence-electron chi connectivity index (χ3n) is 0.697. The Morgan fingerprint density at radius 1 is 1.18 bits per heavy atom. The summed E-state index contributed by atoms with van der Waals surface area (Å²) in [6.45, 7) is 6.60. The zero-order valence-corrected chi connectivity index (χ0v) is 7.98. The average Bonchev–Trinajstić information content (AvgIpc) is 1.85. The van der Waals surface area contributed by atoms with E-state index in [9.17, 15) is 0 Å². The molecule has 0 saturated heterocycles. The van der Waals surface area contributed by atoms with Gasteiger partial charge in [0.2, 0.25) is 0 Å². The molecule has 0 heterocycles. The molecule has 0 rings (SSSR count). The molecule has 0 unspecified atom stereocenters. The molecule has 0 amide bonds. The molecule has 11 heavy (non-hydrogen) atoms. The van der Waals surface area contributed by atoms with Gasteiger partial charge in [0.25, 0.3) is 0 Å². The molecule has 0 aromatic carbocycles. The predicted molar refractivity (Wildman–Crippen MR) is 43.5 cm³/mol. The quantitative estimate of drug-likeness (QED) is 0.282. The summed E-state index contributed by atoms with van der Waals surface area (Å²) < 4.78 is 4.81. The lowest BCUT2D eigenvalue weighted by molar-refractivity contribution is -0.351. The first-order valence-corrected chi connectivity index (χ1v) is 4.04. The van der Waals surface area contributed by atoms with Crippen LogP contribution in [0.1, 0.15) is 20.8 Å². The van der Waals surface area contributed by atoms with E-state index in [0.29, 0.717) is 13.2 Å². The Balaban J connectivity index is 3.02. The van der Waals surface area contributed by atoms with Crippen LogP contribution in [-0.2, 0) is 14.5 Å². The zero-order valence-electron chi connectivity index (χ0n) is 7.22. The number of hydrogen-bond donors (Lipinski definition) is 0. The molecule has 0 aliphatic heterocycles. The monoisotopic (exact) mass is 182 g/mol. The topological polar surface area (TPSA) is 27.7 Å². The van der Waals surface area contributed by atoms with Gasteiger partial charge in [0.05, 0.1) is 12.2 Å². The summed E-state index contributed by atoms with van der Waals surface area (Å²) >= 11 is 5.25. The fourth-order valence-electron chi connectivity index (χ4n) is 0.366. The third kappa shape index (κ3) is 10.2. The summed E-state index contributed by atoms with van der Waals surface area (Å²) in [6.07, 6.45) is 0. The molecular formula is C7H15ClO3. The molecule has 0 bridgehead atoms. The summed E-state index contributed by atoms with van der Waals surface area (Å²) in [5.41, 5.74) is -0.263. The summed E-state index contributed by atoms with van der Waals surface area (Å²) in [6, 6.07) is 0.193. The molecule has 0 fully saturated rings. The van der Waals surface area contributed by atoms with Gasteiger partial charge in [-0.15, -0.1) is 0 Å². The van der Waals surface area contributed by atoms with Gasteiger partial charge in [-0.05, 0) is 20.8 Å². The van der Waals surface area contributed by atoms with Crippen molar-refractivity contribution in [3.8, 4) is 0 Å². The average molecular weight is 183 g/mol. The van der Waals surface area contributed by atoms with Gasteiger partial charge in [-0.1, -0.05) is 11.6 Å². The normalized spacial score (nSPS) is 12.0. The maximum absolute atomic E-state index is 5.25. The highest BCUT2D eigenvalue weighted by molar-refractivity contribution is 6.17. The van der Waals surface area contributed by atoms with Crippen LogP contribution in [0.15, 0.2) is 0 Å². The van der Waals surface area contributed by atoms with Crippen molar-refractivity contribution in [3.05, 3.63) is 0 Å². The van der Waals surface area contributed by atoms with Gasteiger partial charge in [0.1, 0.15) is 12.7 Å². The highest BCUT2D eigenvalue weighted by Gasteiger charge is 2.10. The SMILES string of the molecule is CC(C)(C)OOCCOCCl. The molecule has 0 radical (unpaired) electrons. The highest BCUT2D eigenvalue weighted by Crippen LogP contribution is 2.06. The second kappa shape index (κ2) is 5.77. The van der Waals surface area contributed by atoms with Gasteiger partial charge in [-0.2, -0.15) is 0 Å². The van der Waals surface area contributed by atoms with Crippen molar-refractivity contribution in [2.24, 2.45) is 0 Å². The van der Waals surface area contributed by atoms with Crippen LogP contribution in [0, 0.1) is 0 Å². The van der Waals surface area contributed by atoms with Gasteiger partial charge in [-0.25, -0.2) is 9.78 Å². The zero-order chi connectivity index (χ0) is 8.74. The van der Waals surface area contributed by atoms with Gasteiger partial charge in [0, 0.05) is 0 Å². The summed E-state index contributed by atoms with van der Waals surface area (Å²) in [5, 5.41) is 0. The third-order valence-corrected chi connectivity index (χ3v) is 0.851. The maximum Gasteiger partial charge on any atom is 0.120 e. The van der Waals surface area contributed by atoms with E-state index in [4.69, 9.17) is 26.1 Å². The molecule has 0 aliphatic rings. The fraction of sp³-hybridized carbons (Fsp3) is 1.00. The van der Waals surface area contributed by atoms with Crippen LogP contribution >= 0.6 is 11.6 Å².